The summed E-state index contributed by atoms with van der Waals surface area (Å²) in [7, 11) is 1.87. The van der Waals surface area contributed by atoms with E-state index in [-0.39, 0.29) is 17.4 Å². The number of carbonyl (C=O) groups excluding carboxylic acids is 1. The summed E-state index contributed by atoms with van der Waals surface area (Å²) in [5, 5.41) is 2.04. The average Bonchev–Trinajstić information content (AvgIpc) is 2.86. The van der Waals surface area contributed by atoms with Crippen LogP contribution in [0.15, 0.2) is 15.9 Å². The smallest absolute Gasteiger partial charge is 0.230 e. The molecule has 3 nitrogen and oxygen atoms in total. The predicted molar refractivity (Wildman–Crippen MR) is 78.4 cm³/mol. The maximum absolute atomic E-state index is 12.5. The molecule has 1 heterocycles. The number of amides is 1. The fraction of sp³-hybridized carbons (Fsp3) is 0.615. The molecule has 100 valence electrons. The third kappa shape index (κ3) is 2.63. The first-order valence-corrected chi connectivity index (χ1v) is 7.85. The maximum Gasteiger partial charge on any atom is 0.230 e. The first kappa shape index (κ1) is 14.0. The zero-order chi connectivity index (χ0) is 13.3. The Balaban J connectivity index is 2.05. The lowest BCUT2D eigenvalue weighted by Gasteiger charge is -2.32. The molecule has 1 aliphatic carbocycles. The number of hydrogen-bond donors (Lipinski definition) is 1. The van der Waals surface area contributed by atoms with E-state index >= 15 is 0 Å². The first-order chi connectivity index (χ1) is 8.43. The highest BCUT2D eigenvalue weighted by atomic mass is 79.9. The van der Waals surface area contributed by atoms with E-state index in [0.29, 0.717) is 6.54 Å². The van der Waals surface area contributed by atoms with Crippen molar-refractivity contribution >= 4 is 33.2 Å². The zero-order valence-electron chi connectivity index (χ0n) is 10.8. The number of nitrogens with two attached hydrogens (primary N) is 1. The van der Waals surface area contributed by atoms with Crippen LogP contribution in [-0.4, -0.2) is 23.9 Å². The number of hydrogen-bond acceptors (Lipinski definition) is 3. The molecule has 1 saturated carbocycles. The van der Waals surface area contributed by atoms with Gasteiger partial charge in [-0.15, -0.1) is 11.3 Å². The second-order valence-corrected chi connectivity index (χ2v) is 7.22. The van der Waals surface area contributed by atoms with Crippen LogP contribution in [0.4, 0.5) is 0 Å². The molecule has 1 aromatic rings. The molecule has 2 rings (SSSR count). The third-order valence-electron chi connectivity index (χ3n) is 3.88. The highest BCUT2D eigenvalue weighted by Gasteiger charge is 2.44. The van der Waals surface area contributed by atoms with Gasteiger partial charge in [-0.05, 0) is 41.8 Å². The number of thiophene rings is 1. The molecule has 2 unspecified atom stereocenters. The minimum atomic E-state index is -0.372. The van der Waals surface area contributed by atoms with Crippen molar-refractivity contribution in [2.45, 2.75) is 38.8 Å². The molecule has 0 radical (unpaired) electrons. The van der Waals surface area contributed by atoms with Gasteiger partial charge in [-0.1, -0.05) is 6.42 Å². The Morgan fingerprint density at radius 3 is 2.94 bits per heavy atom. The van der Waals surface area contributed by atoms with Crippen LogP contribution < -0.4 is 5.73 Å². The highest BCUT2D eigenvalue weighted by Crippen LogP contribution is 2.38. The number of halogens is 1. The quantitative estimate of drug-likeness (QED) is 0.925. The number of rotatable bonds is 3. The number of carbonyl (C=O) groups is 1. The highest BCUT2D eigenvalue weighted by molar-refractivity contribution is 9.10. The van der Waals surface area contributed by atoms with Crippen LogP contribution in [-0.2, 0) is 11.3 Å². The summed E-state index contributed by atoms with van der Waals surface area (Å²) in [5.41, 5.74) is 5.73. The van der Waals surface area contributed by atoms with Gasteiger partial charge in [0.25, 0.3) is 0 Å². The molecule has 5 heteroatoms. The van der Waals surface area contributed by atoms with Crippen molar-refractivity contribution in [3.05, 3.63) is 20.8 Å². The van der Waals surface area contributed by atoms with Gasteiger partial charge in [0.1, 0.15) is 0 Å². The molecule has 2 N–H and O–H groups in total. The van der Waals surface area contributed by atoms with Gasteiger partial charge in [-0.3, -0.25) is 4.79 Å². The Morgan fingerprint density at radius 1 is 1.72 bits per heavy atom. The fourth-order valence-corrected chi connectivity index (χ4v) is 4.14. The molecular formula is C13H19BrN2OS. The van der Waals surface area contributed by atoms with Crippen molar-refractivity contribution in [3.8, 4) is 0 Å². The summed E-state index contributed by atoms with van der Waals surface area (Å²) >= 11 is 5.10. The van der Waals surface area contributed by atoms with Crippen LogP contribution in [0.1, 0.15) is 31.1 Å². The summed E-state index contributed by atoms with van der Waals surface area (Å²) < 4.78 is 1.08. The van der Waals surface area contributed by atoms with Gasteiger partial charge in [-0.25, -0.2) is 0 Å². The topological polar surface area (TPSA) is 46.3 Å². The van der Waals surface area contributed by atoms with Crippen LogP contribution in [0.3, 0.4) is 0 Å². The van der Waals surface area contributed by atoms with Crippen LogP contribution in [0.25, 0.3) is 0 Å². The summed E-state index contributed by atoms with van der Waals surface area (Å²) in [6.45, 7) is 2.67. The Labute approximate surface area is 120 Å². The summed E-state index contributed by atoms with van der Waals surface area (Å²) in [6, 6.07) is 2.06. The lowest BCUT2D eigenvalue weighted by Crippen LogP contribution is -2.47. The van der Waals surface area contributed by atoms with Crippen LogP contribution in [0.5, 0.6) is 0 Å². The van der Waals surface area contributed by atoms with E-state index in [0.717, 1.165) is 23.7 Å². The van der Waals surface area contributed by atoms with Gasteiger partial charge >= 0.3 is 0 Å². The fourth-order valence-electron chi connectivity index (χ4n) is 2.64. The van der Waals surface area contributed by atoms with Crippen molar-refractivity contribution in [2.24, 2.45) is 11.1 Å². The minimum absolute atomic E-state index is 0.00234. The second-order valence-electron chi connectivity index (χ2n) is 5.31. The van der Waals surface area contributed by atoms with Gasteiger partial charge in [0, 0.05) is 27.8 Å². The van der Waals surface area contributed by atoms with Gasteiger partial charge in [0.05, 0.1) is 12.0 Å². The predicted octanol–water partition coefficient (Wildman–Crippen LogP) is 2.99. The Hall–Kier alpha value is -0.390. The Bertz CT molecular complexity index is 448. The summed E-state index contributed by atoms with van der Waals surface area (Å²) in [6.07, 6.45) is 2.92. The van der Waals surface area contributed by atoms with Gasteiger partial charge < -0.3 is 10.6 Å². The zero-order valence-corrected chi connectivity index (χ0v) is 13.2. The van der Waals surface area contributed by atoms with Crippen molar-refractivity contribution in [2.75, 3.05) is 7.05 Å². The molecular weight excluding hydrogens is 312 g/mol. The molecule has 2 atom stereocenters. The van der Waals surface area contributed by atoms with Crippen molar-refractivity contribution in [1.29, 1.82) is 0 Å². The molecule has 0 spiro atoms. The van der Waals surface area contributed by atoms with E-state index in [4.69, 9.17) is 5.73 Å². The molecule has 18 heavy (non-hydrogen) atoms. The average molecular weight is 331 g/mol. The van der Waals surface area contributed by atoms with Crippen molar-refractivity contribution < 1.29 is 4.79 Å². The van der Waals surface area contributed by atoms with E-state index in [9.17, 15) is 4.79 Å². The molecule has 0 saturated heterocycles. The largest absolute Gasteiger partial charge is 0.340 e. The molecule has 0 aromatic carbocycles. The van der Waals surface area contributed by atoms with Gasteiger partial charge in [0.2, 0.25) is 5.91 Å². The van der Waals surface area contributed by atoms with Gasteiger partial charge in [0.15, 0.2) is 0 Å². The van der Waals surface area contributed by atoms with E-state index in [1.807, 2.05) is 24.3 Å². The minimum Gasteiger partial charge on any atom is -0.340 e. The lowest BCUT2D eigenvalue weighted by molar-refractivity contribution is -0.140. The molecule has 1 fully saturated rings. The van der Waals surface area contributed by atoms with E-state index in [1.165, 1.54) is 4.88 Å². The first-order valence-electron chi connectivity index (χ1n) is 6.17. The molecule has 1 aromatic heterocycles. The molecule has 0 aliphatic heterocycles. The third-order valence-corrected chi connectivity index (χ3v) is 5.56. The standard InChI is InChI=1S/C13H19BrN2OS/c1-13(5-3-4-11(13)15)12(17)16(2)7-10-6-9(14)8-18-10/h6,8,11H,3-5,7,15H2,1-2H3. The molecule has 1 amide bonds. The van der Waals surface area contributed by atoms with E-state index < -0.39 is 0 Å². The Morgan fingerprint density at radius 2 is 2.44 bits per heavy atom. The number of nitrogens with zero attached hydrogens (tertiary/aromatic N) is 1. The monoisotopic (exact) mass is 330 g/mol. The second kappa shape index (κ2) is 5.31. The summed E-state index contributed by atoms with van der Waals surface area (Å²) in [5.74, 6) is 0.178. The maximum atomic E-state index is 12.5. The lowest BCUT2D eigenvalue weighted by atomic mass is 9.83. The molecule has 1 aliphatic rings. The van der Waals surface area contributed by atoms with E-state index in [2.05, 4.69) is 22.0 Å². The van der Waals surface area contributed by atoms with Crippen molar-refractivity contribution in [1.82, 2.24) is 4.90 Å². The molecule has 0 bridgehead atoms. The Kier molecular flexibility index (Phi) is 4.14. The van der Waals surface area contributed by atoms with Gasteiger partial charge in [-0.2, -0.15) is 0 Å². The SMILES string of the molecule is CN(Cc1cc(Br)cs1)C(=O)C1(C)CCCC1N. The van der Waals surface area contributed by atoms with E-state index in [1.54, 1.807) is 11.3 Å². The van der Waals surface area contributed by atoms with Crippen LogP contribution in [0.2, 0.25) is 0 Å². The summed E-state index contributed by atoms with van der Waals surface area (Å²) in [4.78, 5) is 15.5. The van der Waals surface area contributed by atoms with Crippen LogP contribution in [0, 0.1) is 5.41 Å². The van der Waals surface area contributed by atoms with Crippen LogP contribution >= 0.6 is 27.3 Å². The van der Waals surface area contributed by atoms with Crippen molar-refractivity contribution in [3.63, 3.8) is 0 Å². The normalized spacial score (nSPS) is 27.4.